The summed E-state index contributed by atoms with van der Waals surface area (Å²) in [6, 6.07) is 7.99. The molecule has 0 aliphatic carbocycles. The minimum atomic E-state index is 0.119. The van der Waals surface area contributed by atoms with Gasteiger partial charge in [0.05, 0.1) is 0 Å². The fourth-order valence-electron chi connectivity index (χ4n) is 1.85. The van der Waals surface area contributed by atoms with Crippen molar-refractivity contribution in [2.24, 2.45) is 11.7 Å². The molecule has 0 spiro atoms. The van der Waals surface area contributed by atoms with Gasteiger partial charge in [0.15, 0.2) is 0 Å². The molecule has 1 aromatic rings. The molecule has 0 heterocycles. The molecule has 1 unspecified atom stereocenters. The van der Waals surface area contributed by atoms with Gasteiger partial charge in [-0.1, -0.05) is 50.4 Å². The van der Waals surface area contributed by atoms with Gasteiger partial charge in [0.25, 0.3) is 0 Å². The molecule has 2 N–H and O–H groups in total. The maximum atomic E-state index is 6.16. The molecule has 84 valence electrons. The SMILES string of the molecule is CCC(CC)CC(N)c1cccc(Cl)c1. The number of hydrogen-bond acceptors (Lipinski definition) is 1. The zero-order valence-electron chi connectivity index (χ0n) is 9.54. The molecule has 15 heavy (non-hydrogen) atoms. The molecular weight excluding hydrogens is 206 g/mol. The van der Waals surface area contributed by atoms with Gasteiger partial charge in [-0.2, -0.15) is 0 Å². The first-order chi connectivity index (χ1) is 7.17. The van der Waals surface area contributed by atoms with Crippen molar-refractivity contribution >= 4 is 11.6 Å². The van der Waals surface area contributed by atoms with E-state index in [0.29, 0.717) is 0 Å². The highest BCUT2D eigenvalue weighted by Crippen LogP contribution is 2.24. The number of benzene rings is 1. The van der Waals surface area contributed by atoms with Gasteiger partial charge < -0.3 is 5.73 Å². The van der Waals surface area contributed by atoms with Crippen LogP contribution in [0.25, 0.3) is 0 Å². The van der Waals surface area contributed by atoms with Crippen LogP contribution in [0.5, 0.6) is 0 Å². The summed E-state index contributed by atoms with van der Waals surface area (Å²) in [5, 5.41) is 0.771. The smallest absolute Gasteiger partial charge is 0.0409 e. The Balaban J connectivity index is 2.64. The Hall–Kier alpha value is -0.530. The monoisotopic (exact) mass is 225 g/mol. The van der Waals surface area contributed by atoms with Gasteiger partial charge in [0.1, 0.15) is 0 Å². The van der Waals surface area contributed by atoms with Crippen molar-refractivity contribution in [1.82, 2.24) is 0 Å². The van der Waals surface area contributed by atoms with Crippen LogP contribution in [0.1, 0.15) is 44.7 Å². The lowest BCUT2D eigenvalue weighted by Crippen LogP contribution is -2.14. The van der Waals surface area contributed by atoms with Crippen LogP contribution in [0.3, 0.4) is 0 Å². The molecule has 1 aromatic carbocycles. The Bertz CT molecular complexity index is 294. The summed E-state index contributed by atoms with van der Waals surface area (Å²) in [4.78, 5) is 0. The lowest BCUT2D eigenvalue weighted by Gasteiger charge is -2.18. The van der Waals surface area contributed by atoms with E-state index in [1.54, 1.807) is 0 Å². The van der Waals surface area contributed by atoms with Crippen LogP contribution in [-0.2, 0) is 0 Å². The van der Waals surface area contributed by atoms with Gasteiger partial charge in [0, 0.05) is 11.1 Å². The Kier molecular flexibility index (Phi) is 5.13. The second kappa shape index (κ2) is 6.14. The number of rotatable bonds is 5. The van der Waals surface area contributed by atoms with Crippen LogP contribution in [0, 0.1) is 5.92 Å². The van der Waals surface area contributed by atoms with Crippen molar-refractivity contribution < 1.29 is 0 Å². The molecule has 1 nitrogen and oxygen atoms in total. The highest BCUT2D eigenvalue weighted by atomic mass is 35.5. The molecule has 2 heteroatoms. The third-order valence-corrected chi connectivity index (χ3v) is 3.25. The summed E-state index contributed by atoms with van der Waals surface area (Å²) in [7, 11) is 0. The van der Waals surface area contributed by atoms with E-state index in [4.69, 9.17) is 17.3 Å². The van der Waals surface area contributed by atoms with E-state index in [0.717, 1.165) is 22.9 Å². The second-order valence-corrected chi connectivity index (χ2v) is 4.52. The maximum absolute atomic E-state index is 6.16. The summed E-state index contributed by atoms with van der Waals surface area (Å²) in [5.74, 6) is 0.721. The Morgan fingerprint density at radius 3 is 2.47 bits per heavy atom. The molecule has 0 aromatic heterocycles. The molecule has 0 aliphatic heterocycles. The van der Waals surface area contributed by atoms with Crippen molar-refractivity contribution in [3.63, 3.8) is 0 Å². The summed E-state index contributed by atoms with van der Waals surface area (Å²) >= 11 is 5.94. The van der Waals surface area contributed by atoms with Gasteiger partial charge in [0.2, 0.25) is 0 Å². The van der Waals surface area contributed by atoms with E-state index in [-0.39, 0.29) is 6.04 Å². The van der Waals surface area contributed by atoms with Crippen LogP contribution < -0.4 is 5.73 Å². The van der Waals surface area contributed by atoms with Crippen molar-refractivity contribution in [2.45, 2.75) is 39.2 Å². The number of halogens is 1. The summed E-state index contributed by atoms with van der Waals surface area (Å²) in [6.45, 7) is 4.44. The zero-order chi connectivity index (χ0) is 11.3. The van der Waals surface area contributed by atoms with E-state index in [1.807, 2.05) is 18.2 Å². The molecule has 0 fully saturated rings. The Morgan fingerprint density at radius 1 is 1.27 bits per heavy atom. The first kappa shape index (κ1) is 12.5. The van der Waals surface area contributed by atoms with Gasteiger partial charge >= 0.3 is 0 Å². The van der Waals surface area contributed by atoms with E-state index >= 15 is 0 Å². The van der Waals surface area contributed by atoms with Crippen molar-refractivity contribution in [3.8, 4) is 0 Å². The van der Waals surface area contributed by atoms with Crippen molar-refractivity contribution in [1.29, 1.82) is 0 Å². The van der Waals surface area contributed by atoms with Crippen LogP contribution in [0.4, 0.5) is 0 Å². The van der Waals surface area contributed by atoms with Gasteiger partial charge in [-0.3, -0.25) is 0 Å². The number of hydrogen-bond donors (Lipinski definition) is 1. The standard InChI is InChI=1S/C13H20ClN/c1-3-10(4-2)8-13(15)11-6-5-7-12(14)9-11/h5-7,9-10,13H,3-4,8,15H2,1-2H3. The molecule has 1 rings (SSSR count). The fraction of sp³-hybridized carbons (Fsp3) is 0.538. The summed E-state index contributed by atoms with van der Waals surface area (Å²) < 4.78 is 0. The topological polar surface area (TPSA) is 26.0 Å². The highest BCUT2D eigenvalue weighted by Gasteiger charge is 2.12. The summed E-state index contributed by atoms with van der Waals surface area (Å²) in [5.41, 5.74) is 7.30. The average molecular weight is 226 g/mol. The Labute approximate surface area is 97.6 Å². The average Bonchev–Trinajstić information content (AvgIpc) is 2.25. The summed E-state index contributed by atoms with van der Waals surface area (Å²) in [6.07, 6.45) is 3.45. The zero-order valence-corrected chi connectivity index (χ0v) is 10.3. The minimum absolute atomic E-state index is 0.119. The lowest BCUT2D eigenvalue weighted by atomic mass is 9.92. The third kappa shape index (κ3) is 3.84. The first-order valence-electron chi connectivity index (χ1n) is 5.68. The highest BCUT2D eigenvalue weighted by molar-refractivity contribution is 6.30. The van der Waals surface area contributed by atoms with E-state index in [1.165, 1.54) is 12.8 Å². The van der Waals surface area contributed by atoms with Crippen molar-refractivity contribution in [2.75, 3.05) is 0 Å². The molecule has 0 amide bonds. The third-order valence-electron chi connectivity index (χ3n) is 3.02. The molecule has 0 saturated heterocycles. The predicted molar refractivity (Wildman–Crippen MR) is 67.1 cm³/mol. The van der Waals surface area contributed by atoms with Crippen LogP contribution in [0.2, 0.25) is 5.02 Å². The van der Waals surface area contributed by atoms with Crippen molar-refractivity contribution in [3.05, 3.63) is 34.9 Å². The molecule has 0 radical (unpaired) electrons. The molecule has 0 saturated carbocycles. The number of nitrogens with two attached hydrogens (primary N) is 1. The predicted octanol–water partition coefficient (Wildman–Crippen LogP) is 4.17. The molecule has 0 aliphatic rings. The van der Waals surface area contributed by atoms with Crippen LogP contribution in [-0.4, -0.2) is 0 Å². The van der Waals surface area contributed by atoms with Gasteiger partial charge in [-0.25, -0.2) is 0 Å². The Morgan fingerprint density at radius 2 is 1.93 bits per heavy atom. The second-order valence-electron chi connectivity index (χ2n) is 4.08. The van der Waals surface area contributed by atoms with Crippen LogP contribution >= 0.6 is 11.6 Å². The molecule has 0 bridgehead atoms. The van der Waals surface area contributed by atoms with E-state index in [2.05, 4.69) is 19.9 Å². The van der Waals surface area contributed by atoms with E-state index in [9.17, 15) is 0 Å². The quantitative estimate of drug-likeness (QED) is 0.800. The molecular formula is C13H20ClN. The normalized spacial score (nSPS) is 13.1. The fourth-order valence-corrected chi connectivity index (χ4v) is 2.05. The maximum Gasteiger partial charge on any atom is 0.0409 e. The van der Waals surface area contributed by atoms with Gasteiger partial charge in [-0.05, 0) is 30.0 Å². The lowest BCUT2D eigenvalue weighted by molar-refractivity contribution is 0.414. The minimum Gasteiger partial charge on any atom is -0.324 e. The largest absolute Gasteiger partial charge is 0.324 e. The molecule has 1 atom stereocenters. The first-order valence-corrected chi connectivity index (χ1v) is 6.06. The van der Waals surface area contributed by atoms with Crippen LogP contribution in [0.15, 0.2) is 24.3 Å². The van der Waals surface area contributed by atoms with E-state index < -0.39 is 0 Å². The van der Waals surface area contributed by atoms with Gasteiger partial charge in [-0.15, -0.1) is 0 Å².